The minimum Gasteiger partial charge on any atom is -0.395 e. The van der Waals surface area contributed by atoms with Gasteiger partial charge in [-0.15, -0.1) is 0 Å². The van der Waals surface area contributed by atoms with Crippen molar-refractivity contribution in [2.24, 2.45) is 0 Å². The van der Waals surface area contributed by atoms with Crippen LogP contribution in [0.15, 0.2) is 0 Å². The molecule has 1 heterocycles. The van der Waals surface area contributed by atoms with Crippen LogP contribution in [0.3, 0.4) is 0 Å². The summed E-state index contributed by atoms with van der Waals surface area (Å²) in [6.07, 6.45) is -0.460. The molecular weight excluding hydrogens is 158 g/mol. The van der Waals surface area contributed by atoms with Gasteiger partial charge in [0.15, 0.2) is 0 Å². The highest BCUT2D eigenvalue weighted by molar-refractivity contribution is 4.84. The zero-order valence-electron chi connectivity index (χ0n) is 7.44. The molecule has 12 heavy (non-hydrogen) atoms. The van der Waals surface area contributed by atoms with Crippen molar-refractivity contribution in [3.8, 4) is 0 Å². The fourth-order valence-corrected chi connectivity index (χ4v) is 1.53. The lowest BCUT2D eigenvalue weighted by molar-refractivity contribution is -0.00246. The molecule has 0 aliphatic carbocycles. The van der Waals surface area contributed by atoms with E-state index in [0.29, 0.717) is 19.7 Å². The van der Waals surface area contributed by atoms with Crippen LogP contribution in [0, 0.1) is 0 Å². The Labute approximate surface area is 72.7 Å². The zero-order chi connectivity index (χ0) is 8.97. The van der Waals surface area contributed by atoms with E-state index in [9.17, 15) is 5.11 Å². The molecule has 0 spiro atoms. The molecule has 4 nitrogen and oxygen atoms in total. The standard InChI is InChI=1S/C8H17NO3/c1-2-12-8-6-9(3-4-10)5-7(8)11/h7-8,10-11H,2-6H2,1H3/t7-,8+/m1/s1. The maximum absolute atomic E-state index is 9.47. The lowest BCUT2D eigenvalue weighted by atomic mass is 10.3. The highest BCUT2D eigenvalue weighted by Gasteiger charge is 2.30. The summed E-state index contributed by atoms with van der Waals surface area (Å²) in [5.41, 5.74) is 0. The van der Waals surface area contributed by atoms with E-state index in [1.165, 1.54) is 0 Å². The first-order chi connectivity index (χ1) is 5.77. The van der Waals surface area contributed by atoms with E-state index < -0.39 is 6.10 Å². The highest BCUT2D eigenvalue weighted by atomic mass is 16.5. The molecule has 2 N–H and O–H groups in total. The number of aliphatic hydroxyl groups excluding tert-OH is 2. The van der Waals surface area contributed by atoms with Crippen molar-refractivity contribution in [2.45, 2.75) is 19.1 Å². The second kappa shape index (κ2) is 4.77. The SMILES string of the molecule is CCO[C@H]1CN(CCO)C[C@H]1O. The van der Waals surface area contributed by atoms with E-state index in [0.717, 1.165) is 6.54 Å². The van der Waals surface area contributed by atoms with E-state index >= 15 is 0 Å². The van der Waals surface area contributed by atoms with Crippen LogP contribution in [0.2, 0.25) is 0 Å². The smallest absolute Gasteiger partial charge is 0.0972 e. The number of β-amino-alcohol motifs (C(OH)–C–C–N with tert-alkyl or cyclic N) is 2. The summed E-state index contributed by atoms with van der Waals surface area (Å²) >= 11 is 0. The van der Waals surface area contributed by atoms with Crippen LogP contribution in [0.4, 0.5) is 0 Å². The fraction of sp³-hybridized carbons (Fsp3) is 1.00. The Hall–Kier alpha value is -0.160. The van der Waals surface area contributed by atoms with Gasteiger partial charge in [0.1, 0.15) is 0 Å². The second-order valence-corrected chi connectivity index (χ2v) is 3.04. The summed E-state index contributed by atoms with van der Waals surface area (Å²) in [5.74, 6) is 0. The van der Waals surface area contributed by atoms with Gasteiger partial charge in [0.05, 0.1) is 18.8 Å². The van der Waals surface area contributed by atoms with E-state index in [2.05, 4.69) is 0 Å². The van der Waals surface area contributed by atoms with Crippen molar-refractivity contribution in [3.63, 3.8) is 0 Å². The van der Waals surface area contributed by atoms with Gasteiger partial charge in [0.25, 0.3) is 0 Å². The molecule has 0 unspecified atom stereocenters. The third-order valence-corrected chi connectivity index (χ3v) is 2.11. The summed E-state index contributed by atoms with van der Waals surface area (Å²) in [6, 6.07) is 0. The van der Waals surface area contributed by atoms with Crippen molar-refractivity contribution in [3.05, 3.63) is 0 Å². The summed E-state index contributed by atoms with van der Waals surface area (Å²) in [4.78, 5) is 2.00. The van der Waals surface area contributed by atoms with E-state index in [1.807, 2.05) is 11.8 Å². The maximum atomic E-state index is 9.47. The van der Waals surface area contributed by atoms with Gasteiger partial charge in [-0.3, -0.25) is 4.90 Å². The van der Waals surface area contributed by atoms with Gasteiger partial charge in [-0.2, -0.15) is 0 Å². The van der Waals surface area contributed by atoms with Crippen molar-refractivity contribution in [1.29, 1.82) is 0 Å². The number of nitrogens with zero attached hydrogens (tertiary/aromatic N) is 1. The summed E-state index contributed by atoms with van der Waals surface area (Å²) in [5, 5.41) is 18.1. The Kier molecular flexibility index (Phi) is 3.94. The van der Waals surface area contributed by atoms with Crippen LogP contribution in [-0.2, 0) is 4.74 Å². The lowest BCUT2D eigenvalue weighted by Crippen LogP contribution is -2.27. The van der Waals surface area contributed by atoms with Crippen molar-refractivity contribution < 1.29 is 14.9 Å². The summed E-state index contributed by atoms with van der Waals surface area (Å²) in [6.45, 7) is 4.67. The summed E-state index contributed by atoms with van der Waals surface area (Å²) < 4.78 is 5.32. The molecule has 1 rings (SSSR count). The number of ether oxygens (including phenoxy) is 1. The second-order valence-electron chi connectivity index (χ2n) is 3.04. The Morgan fingerprint density at radius 3 is 2.83 bits per heavy atom. The van der Waals surface area contributed by atoms with E-state index in [-0.39, 0.29) is 12.7 Å². The Balaban J connectivity index is 2.29. The van der Waals surface area contributed by atoms with Crippen molar-refractivity contribution in [1.82, 2.24) is 4.90 Å². The Morgan fingerprint density at radius 2 is 2.25 bits per heavy atom. The molecule has 0 bridgehead atoms. The molecule has 0 aromatic heterocycles. The monoisotopic (exact) mass is 175 g/mol. The van der Waals surface area contributed by atoms with Crippen LogP contribution in [0.1, 0.15) is 6.92 Å². The van der Waals surface area contributed by atoms with Gasteiger partial charge >= 0.3 is 0 Å². The number of aliphatic hydroxyl groups is 2. The maximum Gasteiger partial charge on any atom is 0.0972 e. The molecule has 1 fully saturated rings. The van der Waals surface area contributed by atoms with Gasteiger partial charge in [-0.05, 0) is 6.92 Å². The van der Waals surface area contributed by atoms with Crippen LogP contribution < -0.4 is 0 Å². The van der Waals surface area contributed by atoms with Gasteiger partial charge in [0, 0.05) is 26.2 Å². The number of likely N-dealkylation sites (tertiary alicyclic amines) is 1. The molecule has 0 radical (unpaired) electrons. The molecule has 1 aliphatic rings. The van der Waals surface area contributed by atoms with Gasteiger partial charge in [0.2, 0.25) is 0 Å². The third-order valence-electron chi connectivity index (χ3n) is 2.11. The molecule has 1 saturated heterocycles. The van der Waals surface area contributed by atoms with E-state index in [1.54, 1.807) is 0 Å². The quantitative estimate of drug-likeness (QED) is 0.579. The molecule has 2 atom stereocenters. The Bertz CT molecular complexity index is 131. The molecule has 0 saturated carbocycles. The van der Waals surface area contributed by atoms with Crippen molar-refractivity contribution >= 4 is 0 Å². The molecule has 4 heteroatoms. The fourth-order valence-electron chi connectivity index (χ4n) is 1.53. The average molecular weight is 175 g/mol. The minimum atomic E-state index is -0.392. The predicted octanol–water partition coefficient (Wildman–Crippen LogP) is -0.940. The molecule has 1 aliphatic heterocycles. The van der Waals surface area contributed by atoms with Gasteiger partial charge < -0.3 is 14.9 Å². The highest BCUT2D eigenvalue weighted by Crippen LogP contribution is 2.12. The van der Waals surface area contributed by atoms with Crippen LogP contribution in [-0.4, -0.2) is 60.2 Å². The van der Waals surface area contributed by atoms with Crippen LogP contribution >= 0.6 is 0 Å². The summed E-state index contributed by atoms with van der Waals surface area (Å²) in [7, 11) is 0. The molecule has 72 valence electrons. The first kappa shape index (κ1) is 9.92. The van der Waals surface area contributed by atoms with Crippen LogP contribution in [0.5, 0.6) is 0 Å². The third kappa shape index (κ3) is 2.42. The van der Waals surface area contributed by atoms with Crippen molar-refractivity contribution in [2.75, 3.05) is 32.8 Å². The molecule has 0 aromatic rings. The number of hydrogen-bond donors (Lipinski definition) is 2. The lowest BCUT2D eigenvalue weighted by Gasteiger charge is -2.13. The van der Waals surface area contributed by atoms with E-state index in [4.69, 9.17) is 9.84 Å². The minimum absolute atomic E-state index is 0.0680. The first-order valence-electron chi connectivity index (χ1n) is 4.40. The first-order valence-corrected chi connectivity index (χ1v) is 4.40. The van der Waals surface area contributed by atoms with Gasteiger partial charge in [-0.1, -0.05) is 0 Å². The topological polar surface area (TPSA) is 52.9 Å². The molecule has 0 amide bonds. The molecular formula is C8H17NO3. The number of rotatable bonds is 4. The molecule has 0 aromatic carbocycles. The number of hydrogen-bond acceptors (Lipinski definition) is 4. The van der Waals surface area contributed by atoms with Crippen LogP contribution in [0.25, 0.3) is 0 Å². The predicted molar refractivity (Wildman–Crippen MR) is 44.9 cm³/mol. The average Bonchev–Trinajstić information content (AvgIpc) is 2.34. The largest absolute Gasteiger partial charge is 0.395 e. The van der Waals surface area contributed by atoms with Gasteiger partial charge in [-0.25, -0.2) is 0 Å². The Morgan fingerprint density at radius 1 is 1.50 bits per heavy atom. The zero-order valence-corrected chi connectivity index (χ0v) is 7.44. The normalized spacial score (nSPS) is 31.2.